The average Bonchev–Trinajstić information content (AvgIpc) is 2.87. The van der Waals surface area contributed by atoms with Crippen LogP contribution in [0.5, 0.6) is 0 Å². The third-order valence-electron chi connectivity index (χ3n) is 3.12. The van der Waals surface area contributed by atoms with E-state index in [-0.39, 0.29) is 11.4 Å². The third-order valence-corrected chi connectivity index (χ3v) is 4.90. The zero-order chi connectivity index (χ0) is 14.2. The molecule has 0 unspecified atom stereocenters. The van der Waals surface area contributed by atoms with Crippen LogP contribution < -0.4 is 5.73 Å². The minimum absolute atomic E-state index is 0.140. The largest absolute Gasteiger partial charge is 0.325 e. The summed E-state index contributed by atoms with van der Waals surface area (Å²) < 4.78 is 26.8. The molecule has 102 valence electrons. The maximum absolute atomic E-state index is 12.8. The smallest absolute Gasteiger partial charge is 0.268 e. The lowest BCUT2D eigenvalue weighted by Gasteiger charge is -2.10. The SMILES string of the molecule is NCc1cc2cnccc2n1S(=O)(=O)c1ccccc1. The molecule has 0 spiro atoms. The predicted octanol–water partition coefficient (Wildman–Crippen LogP) is 1.73. The van der Waals surface area contributed by atoms with Gasteiger partial charge in [-0.25, -0.2) is 12.4 Å². The molecule has 0 fully saturated rings. The molecular weight excluding hydrogens is 274 g/mol. The lowest BCUT2D eigenvalue weighted by molar-refractivity contribution is 0.587. The monoisotopic (exact) mass is 287 g/mol. The molecule has 20 heavy (non-hydrogen) atoms. The van der Waals surface area contributed by atoms with Crippen molar-refractivity contribution in [3.63, 3.8) is 0 Å². The van der Waals surface area contributed by atoms with Gasteiger partial charge in [-0.1, -0.05) is 18.2 Å². The number of nitrogens with two attached hydrogens (primary N) is 1. The number of aromatic nitrogens is 2. The molecule has 6 heteroatoms. The highest BCUT2D eigenvalue weighted by molar-refractivity contribution is 7.90. The quantitative estimate of drug-likeness (QED) is 0.795. The molecule has 0 amide bonds. The van der Waals surface area contributed by atoms with E-state index in [1.165, 1.54) is 3.97 Å². The first-order valence-corrected chi connectivity index (χ1v) is 7.53. The van der Waals surface area contributed by atoms with Crippen LogP contribution >= 0.6 is 0 Å². The lowest BCUT2D eigenvalue weighted by atomic mass is 10.3. The Kier molecular flexibility index (Phi) is 3.04. The highest BCUT2D eigenvalue weighted by Gasteiger charge is 2.22. The van der Waals surface area contributed by atoms with Crippen molar-refractivity contribution in [2.75, 3.05) is 0 Å². The lowest BCUT2D eigenvalue weighted by Crippen LogP contribution is -2.17. The van der Waals surface area contributed by atoms with Crippen LogP contribution in [-0.4, -0.2) is 17.4 Å². The summed E-state index contributed by atoms with van der Waals surface area (Å²) in [6.07, 6.45) is 3.20. The summed E-state index contributed by atoms with van der Waals surface area (Å²) in [4.78, 5) is 4.25. The standard InChI is InChI=1S/C14H13N3O2S/c15-9-12-8-11-10-16-7-6-14(11)17(12)20(18,19)13-4-2-1-3-5-13/h1-8,10H,9,15H2. The zero-order valence-electron chi connectivity index (χ0n) is 10.6. The number of hydrogen-bond donors (Lipinski definition) is 1. The molecule has 0 aliphatic rings. The van der Waals surface area contributed by atoms with Gasteiger partial charge in [0.05, 0.1) is 10.4 Å². The van der Waals surface area contributed by atoms with E-state index in [0.29, 0.717) is 11.2 Å². The highest BCUT2D eigenvalue weighted by atomic mass is 32.2. The van der Waals surface area contributed by atoms with Gasteiger partial charge in [-0.15, -0.1) is 0 Å². The molecule has 5 nitrogen and oxygen atoms in total. The van der Waals surface area contributed by atoms with E-state index in [1.807, 2.05) is 0 Å². The first kappa shape index (κ1) is 12.8. The van der Waals surface area contributed by atoms with Crippen molar-refractivity contribution < 1.29 is 8.42 Å². The summed E-state index contributed by atoms with van der Waals surface area (Å²) in [7, 11) is -3.66. The van der Waals surface area contributed by atoms with E-state index in [1.54, 1.807) is 54.9 Å². The first-order valence-electron chi connectivity index (χ1n) is 6.09. The predicted molar refractivity (Wildman–Crippen MR) is 76.7 cm³/mol. The van der Waals surface area contributed by atoms with Crippen LogP contribution in [0, 0.1) is 0 Å². The Bertz CT molecular complexity index is 855. The van der Waals surface area contributed by atoms with Gasteiger partial charge in [0, 0.05) is 30.0 Å². The molecule has 2 aromatic heterocycles. The second-order valence-corrected chi connectivity index (χ2v) is 6.14. The molecule has 2 N–H and O–H groups in total. The van der Waals surface area contributed by atoms with Gasteiger partial charge in [0.2, 0.25) is 0 Å². The van der Waals surface area contributed by atoms with Gasteiger partial charge in [0.1, 0.15) is 0 Å². The minimum atomic E-state index is -3.66. The van der Waals surface area contributed by atoms with Crippen molar-refractivity contribution in [2.45, 2.75) is 11.4 Å². The van der Waals surface area contributed by atoms with E-state index >= 15 is 0 Å². The van der Waals surface area contributed by atoms with Gasteiger partial charge in [0.25, 0.3) is 10.0 Å². The van der Waals surface area contributed by atoms with Gasteiger partial charge >= 0.3 is 0 Å². The summed E-state index contributed by atoms with van der Waals surface area (Å²) >= 11 is 0. The molecule has 0 bridgehead atoms. The molecule has 0 aliphatic heterocycles. The second kappa shape index (κ2) is 4.73. The number of benzene rings is 1. The number of rotatable bonds is 3. The minimum Gasteiger partial charge on any atom is -0.325 e. The second-order valence-electron chi connectivity index (χ2n) is 4.36. The fourth-order valence-electron chi connectivity index (χ4n) is 2.21. The molecule has 0 saturated heterocycles. The van der Waals surface area contributed by atoms with Gasteiger partial charge in [-0.05, 0) is 24.3 Å². The van der Waals surface area contributed by atoms with Crippen LogP contribution in [0.4, 0.5) is 0 Å². The Balaban J connectivity index is 2.34. The number of nitrogens with zero attached hydrogens (tertiary/aromatic N) is 2. The first-order chi connectivity index (χ1) is 9.64. The Morgan fingerprint density at radius 1 is 1.15 bits per heavy atom. The van der Waals surface area contributed by atoms with E-state index in [9.17, 15) is 8.42 Å². The van der Waals surface area contributed by atoms with Gasteiger partial charge in [-0.3, -0.25) is 4.98 Å². The van der Waals surface area contributed by atoms with Gasteiger partial charge in [-0.2, -0.15) is 0 Å². The zero-order valence-corrected chi connectivity index (χ0v) is 11.4. The normalized spacial score (nSPS) is 11.8. The summed E-state index contributed by atoms with van der Waals surface area (Å²) in [6.45, 7) is 0.140. The Morgan fingerprint density at radius 3 is 2.60 bits per heavy atom. The van der Waals surface area contributed by atoms with E-state index < -0.39 is 10.0 Å². The fourth-order valence-corrected chi connectivity index (χ4v) is 3.78. The Labute approximate surface area is 116 Å². The van der Waals surface area contributed by atoms with Crippen molar-refractivity contribution in [2.24, 2.45) is 5.73 Å². The third kappa shape index (κ3) is 1.90. The Hall–Kier alpha value is -2.18. The van der Waals surface area contributed by atoms with Crippen LogP contribution in [0.15, 0.2) is 59.8 Å². The van der Waals surface area contributed by atoms with E-state index in [0.717, 1.165) is 5.39 Å². The topological polar surface area (TPSA) is 78.0 Å². The molecule has 0 atom stereocenters. The average molecular weight is 287 g/mol. The fraction of sp³-hybridized carbons (Fsp3) is 0.0714. The van der Waals surface area contributed by atoms with Crippen molar-refractivity contribution in [1.82, 2.24) is 8.96 Å². The molecule has 0 aliphatic carbocycles. The summed E-state index contributed by atoms with van der Waals surface area (Å²) in [5, 5.41) is 0.757. The van der Waals surface area contributed by atoms with Crippen LogP contribution in [0.25, 0.3) is 10.9 Å². The van der Waals surface area contributed by atoms with Crippen LogP contribution in [0.2, 0.25) is 0 Å². The summed E-state index contributed by atoms with van der Waals surface area (Å²) in [6, 6.07) is 11.7. The van der Waals surface area contributed by atoms with E-state index in [4.69, 9.17) is 5.73 Å². The molecule has 3 rings (SSSR count). The van der Waals surface area contributed by atoms with Gasteiger partial charge in [0.15, 0.2) is 0 Å². The molecular formula is C14H13N3O2S. The van der Waals surface area contributed by atoms with Crippen LogP contribution in [0.3, 0.4) is 0 Å². The number of hydrogen-bond acceptors (Lipinski definition) is 4. The molecule has 2 heterocycles. The number of pyridine rings is 1. The van der Waals surface area contributed by atoms with E-state index in [2.05, 4.69) is 4.98 Å². The maximum atomic E-state index is 12.8. The number of fused-ring (bicyclic) bond motifs is 1. The Morgan fingerprint density at radius 2 is 1.90 bits per heavy atom. The molecule has 3 aromatic rings. The summed E-state index contributed by atoms with van der Waals surface area (Å²) in [5.41, 5.74) is 6.81. The van der Waals surface area contributed by atoms with Crippen LogP contribution in [0.1, 0.15) is 5.69 Å². The van der Waals surface area contributed by atoms with Crippen molar-refractivity contribution in [3.8, 4) is 0 Å². The van der Waals surface area contributed by atoms with Crippen molar-refractivity contribution >= 4 is 20.9 Å². The molecule has 0 saturated carbocycles. The molecule has 1 aromatic carbocycles. The summed E-state index contributed by atoms with van der Waals surface area (Å²) in [5.74, 6) is 0. The van der Waals surface area contributed by atoms with Crippen LogP contribution in [-0.2, 0) is 16.6 Å². The maximum Gasteiger partial charge on any atom is 0.268 e. The molecule has 0 radical (unpaired) electrons. The van der Waals surface area contributed by atoms with Crippen molar-refractivity contribution in [1.29, 1.82) is 0 Å². The van der Waals surface area contributed by atoms with Gasteiger partial charge < -0.3 is 5.73 Å². The van der Waals surface area contributed by atoms with Crippen molar-refractivity contribution in [3.05, 3.63) is 60.6 Å². The highest BCUT2D eigenvalue weighted by Crippen LogP contribution is 2.24.